The molecule has 0 aromatic heterocycles. The van der Waals surface area contributed by atoms with Crippen LogP contribution >= 0.6 is 0 Å². The fourth-order valence-corrected chi connectivity index (χ4v) is 2.23. The number of amides is 1. The lowest BCUT2D eigenvalue weighted by molar-refractivity contribution is 0.0889. The van der Waals surface area contributed by atoms with Gasteiger partial charge >= 0.3 is 0 Å². The summed E-state index contributed by atoms with van der Waals surface area (Å²) in [5.41, 5.74) is 4.80. The van der Waals surface area contributed by atoms with Gasteiger partial charge in [-0.1, -0.05) is 6.07 Å². The van der Waals surface area contributed by atoms with Gasteiger partial charge in [0.05, 0.1) is 5.54 Å². The summed E-state index contributed by atoms with van der Waals surface area (Å²) in [5.74, 6) is -2.11. The molecule has 0 aliphatic heterocycles. The molecule has 1 atom stereocenters. The number of carbonyl (C=O) groups is 1. The van der Waals surface area contributed by atoms with E-state index in [0.717, 1.165) is 18.9 Å². The quantitative estimate of drug-likeness (QED) is 0.879. The Balaban J connectivity index is 2.27. The van der Waals surface area contributed by atoms with E-state index in [-0.39, 0.29) is 18.0 Å². The third-order valence-corrected chi connectivity index (χ3v) is 3.81. The van der Waals surface area contributed by atoms with E-state index in [1.54, 1.807) is 0 Å². The second-order valence-electron chi connectivity index (χ2n) is 5.40. The molecule has 0 radical (unpaired) electrons. The van der Waals surface area contributed by atoms with Gasteiger partial charge in [0, 0.05) is 6.54 Å². The number of hydrogen-bond donors (Lipinski definition) is 2. The van der Waals surface area contributed by atoms with Crippen molar-refractivity contribution in [1.29, 1.82) is 0 Å². The smallest absolute Gasteiger partial charge is 0.257 e. The number of hydrogen-bond acceptors (Lipinski definition) is 2. The second-order valence-corrected chi connectivity index (χ2v) is 5.40. The van der Waals surface area contributed by atoms with Crippen molar-refractivity contribution in [2.75, 3.05) is 6.54 Å². The minimum absolute atomic E-state index is 0.243. The highest BCUT2D eigenvalue weighted by Gasteiger charge is 2.42. The first kappa shape index (κ1) is 13.9. The Bertz CT molecular complexity index is 514. The van der Waals surface area contributed by atoms with Gasteiger partial charge in [0.25, 0.3) is 5.91 Å². The van der Waals surface area contributed by atoms with Crippen LogP contribution in [0.2, 0.25) is 0 Å². The first-order valence-electron chi connectivity index (χ1n) is 6.36. The van der Waals surface area contributed by atoms with Crippen LogP contribution in [-0.4, -0.2) is 18.0 Å². The number of nitrogens with two attached hydrogens (primary N) is 1. The summed E-state index contributed by atoms with van der Waals surface area (Å²) in [5, 5.41) is 2.69. The largest absolute Gasteiger partial charge is 0.345 e. The summed E-state index contributed by atoms with van der Waals surface area (Å²) in [6.45, 7) is 3.56. The first-order valence-corrected chi connectivity index (χ1v) is 6.36. The van der Waals surface area contributed by atoms with Crippen LogP contribution in [0.25, 0.3) is 0 Å². The molecule has 0 bridgehead atoms. The summed E-state index contributed by atoms with van der Waals surface area (Å²) in [4.78, 5) is 12.1. The zero-order valence-corrected chi connectivity index (χ0v) is 11.1. The van der Waals surface area contributed by atoms with E-state index in [2.05, 4.69) is 5.32 Å². The van der Waals surface area contributed by atoms with E-state index < -0.39 is 28.6 Å². The van der Waals surface area contributed by atoms with E-state index in [4.69, 9.17) is 5.73 Å². The molecule has 1 aliphatic carbocycles. The van der Waals surface area contributed by atoms with Crippen molar-refractivity contribution in [3.05, 3.63) is 34.9 Å². The van der Waals surface area contributed by atoms with Crippen LogP contribution in [0, 0.1) is 24.5 Å². The van der Waals surface area contributed by atoms with Gasteiger partial charge in [-0.2, -0.15) is 0 Å². The van der Waals surface area contributed by atoms with E-state index in [0.29, 0.717) is 0 Å². The van der Waals surface area contributed by atoms with E-state index in [1.165, 1.54) is 13.0 Å². The molecule has 0 heterocycles. The van der Waals surface area contributed by atoms with E-state index in [9.17, 15) is 13.6 Å². The molecular formula is C14H18F2N2O. The van der Waals surface area contributed by atoms with Gasteiger partial charge in [0.15, 0.2) is 0 Å². The molecule has 1 saturated carbocycles. The predicted octanol–water partition coefficient (Wildman–Crippen LogP) is 2.13. The minimum atomic E-state index is -0.851. The Morgan fingerprint density at radius 1 is 1.47 bits per heavy atom. The Morgan fingerprint density at radius 3 is 2.63 bits per heavy atom. The van der Waals surface area contributed by atoms with E-state index >= 15 is 0 Å². The molecule has 1 unspecified atom stereocenters. The van der Waals surface area contributed by atoms with Crippen LogP contribution in [0.15, 0.2) is 12.1 Å². The molecule has 1 aromatic rings. The number of aryl methyl sites for hydroxylation is 1. The second kappa shape index (κ2) is 4.89. The SMILES string of the molecule is Cc1ccc(F)c(C(=O)NC(C)(CN)C2CC2)c1F. The molecule has 1 fully saturated rings. The molecule has 0 spiro atoms. The zero-order chi connectivity index (χ0) is 14.2. The molecular weight excluding hydrogens is 250 g/mol. The monoisotopic (exact) mass is 268 g/mol. The average Bonchev–Trinajstić information content (AvgIpc) is 3.18. The number of halogens is 2. The van der Waals surface area contributed by atoms with Gasteiger partial charge in [-0.3, -0.25) is 4.79 Å². The Kier molecular flexibility index (Phi) is 3.58. The normalized spacial score (nSPS) is 17.9. The van der Waals surface area contributed by atoms with Crippen LogP contribution < -0.4 is 11.1 Å². The third-order valence-electron chi connectivity index (χ3n) is 3.81. The van der Waals surface area contributed by atoms with Gasteiger partial charge in [-0.05, 0) is 44.2 Å². The number of rotatable bonds is 4. The van der Waals surface area contributed by atoms with Crippen molar-refractivity contribution in [3.63, 3.8) is 0 Å². The fraction of sp³-hybridized carbons (Fsp3) is 0.500. The zero-order valence-electron chi connectivity index (χ0n) is 11.1. The summed E-state index contributed by atoms with van der Waals surface area (Å²) < 4.78 is 27.5. The predicted molar refractivity (Wildman–Crippen MR) is 68.7 cm³/mol. The maximum absolute atomic E-state index is 13.9. The van der Waals surface area contributed by atoms with Crippen molar-refractivity contribution in [1.82, 2.24) is 5.32 Å². The average molecular weight is 268 g/mol. The molecule has 3 nitrogen and oxygen atoms in total. The molecule has 3 N–H and O–H groups in total. The van der Waals surface area contributed by atoms with Crippen molar-refractivity contribution >= 4 is 5.91 Å². The molecule has 0 saturated heterocycles. The molecule has 1 aromatic carbocycles. The third kappa shape index (κ3) is 2.61. The highest BCUT2D eigenvalue weighted by molar-refractivity contribution is 5.95. The fourth-order valence-electron chi connectivity index (χ4n) is 2.23. The van der Waals surface area contributed by atoms with Crippen molar-refractivity contribution in [3.8, 4) is 0 Å². The van der Waals surface area contributed by atoms with Crippen molar-refractivity contribution in [2.24, 2.45) is 11.7 Å². The van der Waals surface area contributed by atoms with Gasteiger partial charge in [0.1, 0.15) is 17.2 Å². The van der Waals surface area contributed by atoms with Gasteiger partial charge in [0.2, 0.25) is 0 Å². The standard InChI is InChI=1S/C14H18F2N2O/c1-8-3-6-10(15)11(12(8)16)13(19)18-14(2,7-17)9-4-5-9/h3,6,9H,4-5,7,17H2,1-2H3,(H,18,19). The van der Waals surface area contributed by atoms with Crippen LogP contribution in [0.4, 0.5) is 8.78 Å². The molecule has 5 heteroatoms. The van der Waals surface area contributed by atoms with Crippen molar-refractivity contribution in [2.45, 2.75) is 32.2 Å². The number of nitrogens with one attached hydrogen (secondary N) is 1. The lowest BCUT2D eigenvalue weighted by Gasteiger charge is -2.29. The summed E-state index contributed by atoms with van der Waals surface area (Å²) >= 11 is 0. The summed E-state index contributed by atoms with van der Waals surface area (Å²) in [6.07, 6.45) is 1.96. The van der Waals surface area contributed by atoms with Crippen LogP contribution in [0.3, 0.4) is 0 Å². The Labute approximate surface area is 111 Å². The maximum atomic E-state index is 13.9. The minimum Gasteiger partial charge on any atom is -0.345 e. The summed E-state index contributed by atoms with van der Waals surface area (Å²) in [7, 11) is 0. The molecule has 1 amide bonds. The topological polar surface area (TPSA) is 55.1 Å². The van der Waals surface area contributed by atoms with Crippen LogP contribution in [0.5, 0.6) is 0 Å². The van der Waals surface area contributed by atoms with Gasteiger partial charge in [-0.15, -0.1) is 0 Å². The first-order chi connectivity index (χ1) is 8.89. The van der Waals surface area contributed by atoms with Crippen LogP contribution in [-0.2, 0) is 0 Å². The number of carbonyl (C=O) groups excluding carboxylic acids is 1. The molecule has 19 heavy (non-hydrogen) atoms. The van der Waals surface area contributed by atoms with E-state index in [1.807, 2.05) is 6.92 Å². The highest BCUT2D eigenvalue weighted by atomic mass is 19.1. The lowest BCUT2D eigenvalue weighted by atomic mass is 9.95. The lowest BCUT2D eigenvalue weighted by Crippen LogP contribution is -2.53. The Morgan fingerprint density at radius 2 is 2.11 bits per heavy atom. The van der Waals surface area contributed by atoms with Crippen molar-refractivity contribution < 1.29 is 13.6 Å². The van der Waals surface area contributed by atoms with Gasteiger partial charge < -0.3 is 11.1 Å². The number of benzene rings is 1. The van der Waals surface area contributed by atoms with Crippen LogP contribution in [0.1, 0.15) is 35.7 Å². The van der Waals surface area contributed by atoms with Gasteiger partial charge in [-0.25, -0.2) is 8.78 Å². The molecule has 2 rings (SSSR count). The maximum Gasteiger partial charge on any atom is 0.257 e. The summed E-state index contributed by atoms with van der Waals surface area (Å²) in [6, 6.07) is 2.41. The molecule has 104 valence electrons. The Hall–Kier alpha value is -1.49. The highest BCUT2D eigenvalue weighted by Crippen LogP contribution is 2.39. The molecule has 1 aliphatic rings.